The van der Waals surface area contributed by atoms with Gasteiger partial charge in [-0.25, -0.2) is 0 Å². The normalized spacial score (nSPS) is 23.8. The fourth-order valence-corrected chi connectivity index (χ4v) is 2.09. The van der Waals surface area contributed by atoms with Gasteiger partial charge in [-0.3, -0.25) is 0 Å². The van der Waals surface area contributed by atoms with Crippen LogP contribution in [-0.2, 0) is 4.74 Å². The van der Waals surface area contributed by atoms with Crippen LogP contribution in [0.5, 0.6) is 0 Å². The molecule has 2 heteroatoms. The number of ether oxygens (including phenoxy) is 1. The van der Waals surface area contributed by atoms with Crippen LogP contribution in [0.15, 0.2) is 24.3 Å². The molecule has 0 spiro atoms. The molecule has 1 aromatic carbocycles. The lowest BCUT2D eigenvalue weighted by molar-refractivity contribution is 0.0777. The van der Waals surface area contributed by atoms with E-state index >= 15 is 0 Å². The van der Waals surface area contributed by atoms with Crippen molar-refractivity contribution in [2.24, 2.45) is 0 Å². The van der Waals surface area contributed by atoms with Crippen LogP contribution in [0.25, 0.3) is 0 Å². The molecule has 0 radical (unpaired) electrons. The average Bonchev–Trinajstić information content (AvgIpc) is 2.15. The van der Waals surface area contributed by atoms with Gasteiger partial charge in [0.15, 0.2) is 0 Å². The summed E-state index contributed by atoms with van der Waals surface area (Å²) in [6.45, 7) is 4.41. The molecule has 0 amide bonds. The number of hydrogen-bond acceptors (Lipinski definition) is 2. The fraction of sp³-hybridized carbons (Fsp3) is 0.500. The molecule has 1 atom stereocenters. The molecule has 1 aliphatic heterocycles. The number of methoxy groups -OCH3 is 1. The maximum absolute atomic E-state index is 5.51. The minimum atomic E-state index is 0.120. The first kappa shape index (κ1) is 9.53. The number of rotatable bonds is 1. The Morgan fingerprint density at radius 2 is 2.07 bits per heavy atom. The largest absolute Gasteiger partial charge is 0.380 e. The Labute approximate surface area is 85.3 Å². The summed E-state index contributed by atoms with van der Waals surface area (Å²) >= 11 is 0. The molecule has 0 saturated heterocycles. The van der Waals surface area contributed by atoms with E-state index in [0.717, 1.165) is 6.42 Å². The van der Waals surface area contributed by atoms with Crippen molar-refractivity contribution < 1.29 is 4.74 Å². The van der Waals surface area contributed by atoms with Crippen LogP contribution in [0.4, 0.5) is 5.69 Å². The third-order valence-corrected chi connectivity index (χ3v) is 2.76. The van der Waals surface area contributed by atoms with E-state index in [1.54, 1.807) is 7.11 Å². The second kappa shape index (κ2) is 3.28. The van der Waals surface area contributed by atoms with E-state index in [2.05, 4.69) is 43.4 Å². The van der Waals surface area contributed by atoms with Gasteiger partial charge < -0.3 is 10.1 Å². The summed E-state index contributed by atoms with van der Waals surface area (Å²) < 4.78 is 5.51. The summed E-state index contributed by atoms with van der Waals surface area (Å²) in [6, 6.07) is 8.36. The van der Waals surface area contributed by atoms with Crippen molar-refractivity contribution in [1.29, 1.82) is 0 Å². The molecular formula is C12H17NO. The Hall–Kier alpha value is -1.02. The summed E-state index contributed by atoms with van der Waals surface area (Å²) in [5.41, 5.74) is 2.60. The van der Waals surface area contributed by atoms with Gasteiger partial charge in [0, 0.05) is 30.3 Å². The van der Waals surface area contributed by atoms with Crippen molar-refractivity contribution in [3.8, 4) is 0 Å². The van der Waals surface area contributed by atoms with Gasteiger partial charge in [0.2, 0.25) is 0 Å². The lowest BCUT2D eigenvalue weighted by Crippen LogP contribution is -2.37. The minimum Gasteiger partial charge on any atom is -0.380 e. The van der Waals surface area contributed by atoms with E-state index in [4.69, 9.17) is 4.74 Å². The molecule has 1 heterocycles. The first-order chi connectivity index (χ1) is 6.62. The SMILES string of the molecule is COC1CC(C)(C)Nc2ccccc21. The van der Waals surface area contributed by atoms with Gasteiger partial charge in [0.25, 0.3) is 0 Å². The van der Waals surface area contributed by atoms with Crippen molar-refractivity contribution in [2.75, 3.05) is 12.4 Å². The van der Waals surface area contributed by atoms with Crippen molar-refractivity contribution in [3.63, 3.8) is 0 Å². The molecule has 2 rings (SSSR count). The number of para-hydroxylation sites is 1. The number of fused-ring (bicyclic) bond motifs is 1. The zero-order valence-corrected chi connectivity index (χ0v) is 9.00. The molecule has 0 aromatic heterocycles. The lowest BCUT2D eigenvalue weighted by Gasteiger charge is -2.38. The van der Waals surface area contributed by atoms with Gasteiger partial charge in [-0.05, 0) is 19.9 Å². The summed E-state index contributed by atoms with van der Waals surface area (Å²) in [6.07, 6.45) is 1.24. The maximum Gasteiger partial charge on any atom is 0.0863 e. The topological polar surface area (TPSA) is 21.3 Å². The first-order valence-electron chi connectivity index (χ1n) is 5.02. The van der Waals surface area contributed by atoms with Crippen LogP contribution in [0.2, 0.25) is 0 Å². The second-order valence-corrected chi connectivity index (χ2v) is 4.52. The van der Waals surface area contributed by atoms with Crippen molar-refractivity contribution in [3.05, 3.63) is 29.8 Å². The molecule has 2 nitrogen and oxygen atoms in total. The zero-order chi connectivity index (χ0) is 10.2. The highest BCUT2D eigenvalue weighted by atomic mass is 16.5. The third-order valence-electron chi connectivity index (χ3n) is 2.76. The van der Waals surface area contributed by atoms with Gasteiger partial charge in [-0.2, -0.15) is 0 Å². The predicted octanol–water partition coefficient (Wildman–Crippen LogP) is 2.97. The Morgan fingerprint density at radius 3 is 2.79 bits per heavy atom. The third kappa shape index (κ3) is 1.62. The molecule has 1 aliphatic rings. The van der Waals surface area contributed by atoms with Gasteiger partial charge in [-0.1, -0.05) is 18.2 Å². The number of nitrogens with one attached hydrogen (secondary N) is 1. The van der Waals surface area contributed by atoms with Crippen LogP contribution in [0, 0.1) is 0 Å². The monoisotopic (exact) mass is 191 g/mol. The molecule has 1 unspecified atom stereocenters. The Bertz CT molecular complexity index is 333. The van der Waals surface area contributed by atoms with E-state index in [-0.39, 0.29) is 11.6 Å². The van der Waals surface area contributed by atoms with E-state index < -0.39 is 0 Å². The molecule has 0 bridgehead atoms. The average molecular weight is 191 g/mol. The molecule has 0 fully saturated rings. The van der Waals surface area contributed by atoms with Crippen LogP contribution < -0.4 is 5.32 Å². The lowest BCUT2D eigenvalue weighted by atomic mass is 9.87. The fourth-order valence-electron chi connectivity index (χ4n) is 2.09. The number of anilines is 1. The summed E-state index contributed by atoms with van der Waals surface area (Å²) in [7, 11) is 1.78. The molecule has 0 aliphatic carbocycles. The molecule has 1 N–H and O–H groups in total. The summed E-state index contributed by atoms with van der Waals surface area (Å²) in [4.78, 5) is 0. The standard InChI is InChI=1S/C12H17NO/c1-12(2)8-11(14-3)9-6-4-5-7-10(9)13-12/h4-7,11,13H,8H2,1-3H3. The van der Waals surface area contributed by atoms with E-state index in [0.29, 0.717) is 0 Å². The van der Waals surface area contributed by atoms with Crippen LogP contribution >= 0.6 is 0 Å². The van der Waals surface area contributed by atoms with Gasteiger partial charge >= 0.3 is 0 Å². The summed E-state index contributed by atoms with van der Waals surface area (Å²) in [5.74, 6) is 0. The molecule has 14 heavy (non-hydrogen) atoms. The molecule has 76 valence electrons. The highest BCUT2D eigenvalue weighted by Crippen LogP contribution is 2.38. The predicted molar refractivity (Wildman–Crippen MR) is 58.5 cm³/mol. The van der Waals surface area contributed by atoms with E-state index in [9.17, 15) is 0 Å². The molecule has 0 saturated carbocycles. The molecule has 1 aromatic rings. The van der Waals surface area contributed by atoms with Crippen LogP contribution in [-0.4, -0.2) is 12.6 Å². The van der Waals surface area contributed by atoms with Crippen LogP contribution in [0.3, 0.4) is 0 Å². The highest BCUT2D eigenvalue weighted by Gasteiger charge is 2.30. The van der Waals surface area contributed by atoms with Crippen LogP contribution in [0.1, 0.15) is 31.9 Å². The number of benzene rings is 1. The van der Waals surface area contributed by atoms with Crippen molar-refractivity contribution in [1.82, 2.24) is 0 Å². The first-order valence-corrected chi connectivity index (χ1v) is 5.02. The van der Waals surface area contributed by atoms with E-state index in [1.807, 2.05) is 0 Å². The Kier molecular flexibility index (Phi) is 2.23. The van der Waals surface area contributed by atoms with Crippen molar-refractivity contribution >= 4 is 5.69 Å². The second-order valence-electron chi connectivity index (χ2n) is 4.52. The zero-order valence-electron chi connectivity index (χ0n) is 9.00. The number of hydrogen-bond donors (Lipinski definition) is 1. The van der Waals surface area contributed by atoms with Gasteiger partial charge in [-0.15, -0.1) is 0 Å². The van der Waals surface area contributed by atoms with E-state index in [1.165, 1.54) is 11.3 Å². The summed E-state index contributed by atoms with van der Waals surface area (Å²) in [5, 5.41) is 3.52. The molecular weight excluding hydrogens is 174 g/mol. The minimum absolute atomic E-state index is 0.120. The van der Waals surface area contributed by atoms with Gasteiger partial charge in [0.1, 0.15) is 0 Å². The van der Waals surface area contributed by atoms with Gasteiger partial charge in [0.05, 0.1) is 6.10 Å². The smallest absolute Gasteiger partial charge is 0.0863 e. The Balaban J connectivity index is 2.41. The quantitative estimate of drug-likeness (QED) is 0.736. The van der Waals surface area contributed by atoms with Crippen molar-refractivity contribution in [2.45, 2.75) is 31.9 Å². The maximum atomic E-state index is 5.51. The highest BCUT2D eigenvalue weighted by molar-refractivity contribution is 5.56. The Morgan fingerprint density at radius 1 is 1.36 bits per heavy atom.